The number of rotatable bonds is 53. The van der Waals surface area contributed by atoms with Crippen molar-refractivity contribution < 1.29 is 28.6 Å². The van der Waals surface area contributed by atoms with Crippen LogP contribution < -0.4 is 0 Å². The van der Waals surface area contributed by atoms with Crippen molar-refractivity contribution in [3.63, 3.8) is 0 Å². The van der Waals surface area contributed by atoms with Gasteiger partial charge < -0.3 is 14.2 Å². The molecule has 0 radical (unpaired) electrons. The molecule has 0 spiro atoms. The molecule has 0 aromatic rings. The lowest BCUT2D eigenvalue weighted by molar-refractivity contribution is -0.167. The number of ether oxygens (including phenoxy) is 3. The smallest absolute Gasteiger partial charge is 0.306 e. The molecule has 0 bridgehead atoms. The predicted octanol–water partition coefficient (Wildman–Crippen LogP) is 19.1. The van der Waals surface area contributed by atoms with E-state index in [0.717, 1.165) is 57.8 Å². The number of hydrogen-bond acceptors (Lipinski definition) is 6. The Kier molecular flexibility index (Phi) is 52.7. The number of carbonyl (C=O) groups is 3. The third-order valence-electron chi connectivity index (χ3n) is 12.9. The van der Waals surface area contributed by atoms with Gasteiger partial charge in [0.05, 0.1) is 0 Å². The first-order valence-electron chi connectivity index (χ1n) is 28.8. The molecule has 0 heterocycles. The van der Waals surface area contributed by atoms with E-state index in [9.17, 15) is 14.4 Å². The third kappa shape index (κ3) is 52.7. The average Bonchev–Trinajstić information content (AvgIpc) is 3.30. The van der Waals surface area contributed by atoms with Crippen molar-refractivity contribution in [2.45, 2.75) is 322 Å². The van der Waals surface area contributed by atoms with E-state index in [4.69, 9.17) is 14.2 Å². The Balaban J connectivity index is 4.33. The summed E-state index contributed by atoms with van der Waals surface area (Å²) in [6.45, 7) is 6.66. The van der Waals surface area contributed by atoms with E-state index in [1.807, 2.05) is 0 Å². The van der Waals surface area contributed by atoms with Crippen molar-refractivity contribution in [3.05, 3.63) is 24.3 Å². The molecule has 0 saturated carbocycles. The Hall–Kier alpha value is -2.11. The Labute approximate surface area is 404 Å². The van der Waals surface area contributed by atoms with Crippen LogP contribution in [0.25, 0.3) is 0 Å². The van der Waals surface area contributed by atoms with Crippen LogP contribution in [0.1, 0.15) is 316 Å². The Morgan fingerprint density at radius 1 is 0.292 bits per heavy atom. The summed E-state index contributed by atoms with van der Waals surface area (Å²) < 4.78 is 16.9. The number of esters is 3. The summed E-state index contributed by atoms with van der Waals surface area (Å²) in [4.78, 5) is 38.1. The minimum absolute atomic E-state index is 0.0698. The van der Waals surface area contributed by atoms with Gasteiger partial charge in [0.25, 0.3) is 0 Å². The van der Waals surface area contributed by atoms with E-state index in [-0.39, 0.29) is 31.1 Å². The monoisotopic (exact) mass is 915 g/mol. The van der Waals surface area contributed by atoms with Gasteiger partial charge in [0.2, 0.25) is 0 Å². The van der Waals surface area contributed by atoms with Crippen molar-refractivity contribution in [1.29, 1.82) is 0 Å². The van der Waals surface area contributed by atoms with Gasteiger partial charge in [-0.3, -0.25) is 14.4 Å². The van der Waals surface area contributed by atoms with Crippen LogP contribution in [0.2, 0.25) is 0 Å². The highest BCUT2D eigenvalue weighted by Gasteiger charge is 2.19. The van der Waals surface area contributed by atoms with Gasteiger partial charge in [-0.15, -0.1) is 0 Å². The zero-order chi connectivity index (χ0) is 47.2. The van der Waals surface area contributed by atoms with Crippen LogP contribution in [-0.2, 0) is 28.6 Å². The van der Waals surface area contributed by atoms with Crippen molar-refractivity contribution >= 4 is 17.9 Å². The molecule has 0 N–H and O–H groups in total. The summed E-state index contributed by atoms with van der Waals surface area (Å²) in [5.74, 6) is -0.859. The highest BCUT2D eigenvalue weighted by molar-refractivity contribution is 5.71. The maximum Gasteiger partial charge on any atom is 0.306 e. The van der Waals surface area contributed by atoms with Gasteiger partial charge in [-0.2, -0.15) is 0 Å². The lowest BCUT2D eigenvalue weighted by atomic mass is 10.0. The van der Waals surface area contributed by atoms with Crippen molar-refractivity contribution in [1.82, 2.24) is 0 Å². The second-order valence-corrected chi connectivity index (χ2v) is 19.6. The fourth-order valence-electron chi connectivity index (χ4n) is 8.55. The molecule has 6 nitrogen and oxygen atoms in total. The van der Waals surface area contributed by atoms with Crippen LogP contribution in [0.15, 0.2) is 24.3 Å². The van der Waals surface area contributed by atoms with Crippen LogP contribution >= 0.6 is 0 Å². The fraction of sp³-hybridized carbons (Fsp3) is 0.881. The van der Waals surface area contributed by atoms with E-state index in [1.54, 1.807) is 0 Å². The zero-order valence-corrected chi connectivity index (χ0v) is 43.8. The van der Waals surface area contributed by atoms with E-state index < -0.39 is 6.10 Å². The molecule has 1 unspecified atom stereocenters. The minimum atomic E-state index is -0.771. The second-order valence-electron chi connectivity index (χ2n) is 19.6. The fourth-order valence-corrected chi connectivity index (χ4v) is 8.55. The maximum atomic E-state index is 12.8. The topological polar surface area (TPSA) is 78.9 Å². The number of hydrogen-bond donors (Lipinski definition) is 0. The summed E-state index contributed by atoms with van der Waals surface area (Å²) in [5.41, 5.74) is 0. The first-order chi connectivity index (χ1) is 32.0. The van der Waals surface area contributed by atoms with Gasteiger partial charge in [-0.25, -0.2) is 0 Å². The minimum Gasteiger partial charge on any atom is -0.462 e. The molecular weight excluding hydrogens is 805 g/mol. The standard InChI is InChI=1S/C59H110O6/c1-4-7-10-13-16-19-22-25-28-29-32-34-37-40-43-46-49-52-58(61)64-55-56(65-59(62)53-50-47-44-41-38-35-31-27-24-21-18-15-12-9-6-3)54-63-57(60)51-48-45-42-39-36-33-30-26-23-20-17-14-11-8-5-2/h20-21,23-24,56H,4-19,22,25-55H2,1-3H3/b23-20-,24-21-. The molecule has 0 fully saturated rings. The van der Waals surface area contributed by atoms with Crippen molar-refractivity contribution in [2.75, 3.05) is 13.2 Å². The summed E-state index contributed by atoms with van der Waals surface area (Å²) in [6, 6.07) is 0. The molecule has 0 aromatic carbocycles. The first kappa shape index (κ1) is 62.9. The third-order valence-corrected chi connectivity index (χ3v) is 12.9. The van der Waals surface area contributed by atoms with Gasteiger partial charge >= 0.3 is 17.9 Å². The Morgan fingerprint density at radius 2 is 0.508 bits per heavy atom. The summed E-state index contributed by atoms with van der Waals surface area (Å²) in [6.07, 6.45) is 63.0. The Morgan fingerprint density at radius 3 is 0.785 bits per heavy atom. The molecular formula is C59H110O6. The van der Waals surface area contributed by atoms with Gasteiger partial charge in [0.15, 0.2) is 6.10 Å². The maximum absolute atomic E-state index is 12.8. The van der Waals surface area contributed by atoms with E-state index in [2.05, 4.69) is 45.1 Å². The van der Waals surface area contributed by atoms with Crippen LogP contribution in [0, 0.1) is 0 Å². The number of carbonyl (C=O) groups excluding carboxylic acids is 3. The van der Waals surface area contributed by atoms with Crippen LogP contribution in [0.5, 0.6) is 0 Å². The van der Waals surface area contributed by atoms with E-state index >= 15 is 0 Å². The van der Waals surface area contributed by atoms with Crippen LogP contribution in [-0.4, -0.2) is 37.2 Å². The predicted molar refractivity (Wildman–Crippen MR) is 279 cm³/mol. The van der Waals surface area contributed by atoms with Gasteiger partial charge in [-0.1, -0.05) is 251 Å². The molecule has 0 aromatic heterocycles. The summed E-state index contributed by atoms with van der Waals surface area (Å²) in [7, 11) is 0. The quantitative estimate of drug-likeness (QED) is 0.0262. The lowest BCUT2D eigenvalue weighted by Gasteiger charge is -2.18. The van der Waals surface area contributed by atoms with Gasteiger partial charge in [0, 0.05) is 19.3 Å². The van der Waals surface area contributed by atoms with Gasteiger partial charge in [0.1, 0.15) is 13.2 Å². The van der Waals surface area contributed by atoms with Crippen LogP contribution in [0.4, 0.5) is 0 Å². The molecule has 6 heteroatoms. The highest BCUT2D eigenvalue weighted by Crippen LogP contribution is 2.17. The zero-order valence-electron chi connectivity index (χ0n) is 43.8. The molecule has 0 aliphatic rings. The van der Waals surface area contributed by atoms with E-state index in [0.29, 0.717) is 19.3 Å². The molecule has 0 rings (SSSR count). The molecule has 0 amide bonds. The summed E-state index contributed by atoms with van der Waals surface area (Å²) >= 11 is 0. The molecule has 382 valence electrons. The largest absolute Gasteiger partial charge is 0.462 e. The van der Waals surface area contributed by atoms with Crippen molar-refractivity contribution in [2.24, 2.45) is 0 Å². The first-order valence-corrected chi connectivity index (χ1v) is 28.8. The normalized spacial score (nSPS) is 12.1. The lowest BCUT2D eigenvalue weighted by Crippen LogP contribution is -2.30. The number of allylic oxidation sites excluding steroid dienone is 4. The van der Waals surface area contributed by atoms with Crippen LogP contribution in [0.3, 0.4) is 0 Å². The van der Waals surface area contributed by atoms with Crippen molar-refractivity contribution in [3.8, 4) is 0 Å². The number of unbranched alkanes of at least 4 members (excludes halogenated alkanes) is 38. The second kappa shape index (κ2) is 54.5. The van der Waals surface area contributed by atoms with E-state index in [1.165, 1.54) is 218 Å². The highest BCUT2D eigenvalue weighted by atomic mass is 16.6. The average molecular weight is 916 g/mol. The molecule has 1 atom stereocenters. The molecule has 65 heavy (non-hydrogen) atoms. The molecule has 0 saturated heterocycles. The Bertz CT molecular complexity index is 1050. The molecule has 0 aliphatic carbocycles. The van der Waals surface area contributed by atoms with Gasteiger partial charge in [-0.05, 0) is 70.6 Å². The molecule has 0 aliphatic heterocycles. The SMILES string of the molecule is CCCCCC/C=C\CCCCCCCCCC(=O)OCC(COC(=O)CCCCCCCCCCCCCCCCCCC)OC(=O)CCCCCCCCC/C=C\CCCCCC. The summed E-state index contributed by atoms with van der Waals surface area (Å²) in [5, 5.41) is 0.